The summed E-state index contributed by atoms with van der Waals surface area (Å²) in [7, 11) is 0. The van der Waals surface area contributed by atoms with Crippen molar-refractivity contribution >= 4 is 23.4 Å². The van der Waals surface area contributed by atoms with Crippen LogP contribution in [0.15, 0.2) is 23.4 Å². The minimum absolute atomic E-state index is 0.404. The zero-order valence-electron chi connectivity index (χ0n) is 11.3. The lowest BCUT2D eigenvalue weighted by atomic mass is 10.2. The molecule has 1 heterocycles. The molecule has 1 aromatic heterocycles. The summed E-state index contributed by atoms with van der Waals surface area (Å²) in [6, 6.07) is 7.93. The number of nitrogens with two attached hydrogens (primary N) is 1. The molecule has 21 heavy (non-hydrogen) atoms. The number of aromatic nitrogens is 3. The van der Waals surface area contributed by atoms with Gasteiger partial charge in [0.05, 0.1) is 18.2 Å². The van der Waals surface area contributed by atoms with Crippen molar-refractivity contribution in [3.63, 3.8) is 0 Å². The minimum Gasteiger partial charge on any atom is -0.324 e. The Labute approximate surface area is 132 Å². The average molecular weight is 320 g/mol. The molecule has 0 saturated heterocycles. The first kappa shape index (κ1) is 14.4. The van der Waals surface area contributed by atoms with Crippen molar-refractivity contribution < 1.29 is 0 Å². The third kappa shape index (κ3) is 3.05. The van der Waals surface area contributed by atoms with Gasteiger partial charge < -0.3 is 10.3 Å². The largest absolute Gasteiger partial charge is 0.324 e. The molecule has 1 aliphatic rings. The van der Waals surface area contributed by atoms with Gasteiger partial charge in [-0.2, -0.15) is 5.26 Å². The number of benzene rings is 1. The molecule has 7 heteroatoms. The van der Waals surface area contributed by atoms with E-state index in [-0.39, 0.29) is 0 Å². The first-order valence-electron chi connectivity index (χ1n) is 6.68. The number of nitrogens with zero attached hydrogens (tertiary/aromatic N) is 4. The average Bonchev–Trinajstić information content (AvgIpc) is 3.26. The van der Waals surface area contributed by atoms with Gasteiger partial charge in [0, 0.05) is 16.8 Å². The Bertz CT molecular complexity index is 702. The molecule has 0 spiro atoms. The number of hydrogen-bond donors (Lipinski definition) is 1. The van der Waals surface area contributed by atoms with E-state index >= 15 is 0 Å². The lowest BCUT2D eigenvalue weighted by molar-refractivity contribution is 0.626. The van der Waals surface area contributed by atoms with E-state index in [2.05, 4.69) is 20.8 Å². The Balaban J connectivity index is 1.76. The lowest BCUT2D eigenvalue weighted by Crippen LogP contribution is -2.08. The summed E-state index contributed by atoms with van der Waals surface area (Å²) in [5.74, 6) is 1.53. The quantitative estimate of drug-likeness (QED) is 0.857. The van der Waals surface area contributed by atoms with Crippen molar-refractivity contribution in [2.24, 2.45) is 5.73 Å². The van der Waals surface area contributed by atoms with E-state index in [1.54, 1.807) is 23.9 Å². The van der Waals surface area contributed by atoms with Crippen LogP contribution in [-0.2, 0) is 12.3 Å². The maximum Gasteiger partial charge on any atom is 0.191 e. The Morgan fingerprint density at radius 3 is 2.86 bits per heavy atom. The Morgan fingerprint density at radius 1 is 1.43 bits per heavy atom. The molecular formula is C14H14ClN5S. The Kier molecular flexibility index (Phi) is 4.15. The van der Waals surface area contributed by atoms with Crippen molar-refractivity contribution in [3.8, 4) is 6.07 Å². The second kappa shape index (κ2) is 6.06. The zero-order valence-corrected chi connectivity index (χ0v) is 12.9. The predicted octanol–water partition coefficient (Wildman–Crippen LogP) is 2.89. The van der Waals surface area contributed by atoms with Crippen LogP contribution >= 0.6 is 23.4 Å². The SMILES string of the molecule is N#Cc1ccc(CSc2nnc(CN)n2C2CC2)c(Cl)c1. The van der Waals surface area contributed by atoms with Crippen LogP contribution in [0.25, 0.3) is 0 Å². The summed E-state index contributed by atoms with van der Waals surface area (Å²) in [5, 5.41) is 18.7. The predicted molar refractivity (Wildman–Crippen MR) is 81.9 cm³/mol. The van der Waals surface area contributed by atoms with Gasteiger partial charge in [-0.3, -0.25) is 0 Å². The monoisotopic (exact) mass is 319 g/mol. The number of thioether (sulfide) groups is 1. The van der Waals surface area contributed by atoms with Crippen LogP contribution < -0.4 is 5.73 Å². The van der Waals surface area contributed by atoms with Gasteiger partial charge in [0.25, 0.3) is 0 Å². The van der Waals surface area contributed by atoms with Crippen molar-refractivity contribution in [1.29, 1.82) is 5.26 Å². The highest BCUT2D eigenvalue weighted by Gasteiger charge is 2.29. The van der Waals surface area contributed by atoms with Crippen molar-refractivity contribution in [1.82, 2.24) is 14.8 Å². The van der Waals surface area contributed by atoms with Gasteiger partial charge in [0.1, 0.15) is 5.82 Å². The molecule has 0 atom stereocenters. The normalized spacial score (nSPS) is 14.1. The molecule has 0 radical (unpaired) electrons. The summed E-state index contributed by atoms with van der Waals surface area (Å²) >= 11 is 7.79. The molecular weight excluding hydrogens is 306 g/mol. The van der Waals surface area contributed by atoms with E-state index in [0.29, 0.717) is 28.9 Å². The van der Waals surface area contributed by atoms with E-state index in [0.717, 1.165) is 29.4 Å². The molecule has 1 saturated carbocycles. The molecule has 2 N–H and O–H groups in total. The van der Waals surface area contributed by atoms with Gasteiger partial charge >= 0.3 is 0 Å². The van der Waals surface area contributed by atoms with Crippen LogP contribution in [0.4, 0.5) is 0 Å². The second-order valence-corrected chi connectivity index (χ2v) is 6.26. The van der Waals surface area contributed by atoms with Crippen molar-refractivity contribution in [3.05, 3.63) is 40.2 Å². The number of rotatable bonds is 5. The van der Waals surface area contributed by atoms with Crippen LogP contribution in [0.2, 0.25) is 5.02 Å². The Hall–Kier alpha value is -1.55. The maximum absolute atomic E-state index is 8.85. The molecule has 0 aliphatic heterocycles. The fraction of sp³-hybridized carbons (Fsp3) is 0.357. The third-order valence-electron chi connectivity index (χ3n) is 3.37. The molecule has 1 aliphatic carbocycles. The molecule has 2 aromatic rings. The summed E-state index contributed by atoms with van der Waals surface area (Å²) in [6.07, 6.45) is 2.33. The first-order chi connectivity index (χ1) is 10.2. The first-order valence-corrected chi connectivity index (χ1v) is 8.04. The van der Waals surface area contributed by atoms with Crippen LogP contribution in [-0.4, -0.2) is 14.8 Å². The van der Waals surface area contributed by atoms with E-state index in [4.69, 9.17) is 22.6 Å². The van der Waals surface area contributed by atoms with E-state index in [1.807, 2.05) is 6.07 Å². The Morgan fingerprint density at radius 2 is 2.24 bits per heavy atom. The van der Waals surface area contributed by atoms with Crippen LogP contribution in [0, 0.1) is 11.3 Å². The molecule has 1 aromatic carbocycles. The standard InChI is InChI=1S/C14H14ClN5S/c15-12-5-9(6-16)1-2-10(12)8-21-14-19-18-13(7-17)20(14)11-3-4-11/h1-2,5,11H,3-4,7-8,17H2. The van der Waals surface area contributed by atoms with Gasteiger partial charge in [0.15, 0.2) is 5.16 Å². The van der Waals surface area contributed by atoms with E-state index < -0.39 is 0 Å². The lowest BCUT2D eigenvalue weighted by Gasteiger charge is -2.08. The highest BCUT2D eigenvalue weighted by Crippen LogP contribution is 2.39. The van der Waals surface area contributed by atoms with Gasteiger partial charge in [0.2, 0.25) is 0 Å². The van der Waals surface area contributed by atoms with E-state index in [1.165, 1.54) is 0 Å². The number of hydrogen-bond acceptors (Lipinski definition) is 5. The van der Waals surface area contributed by atoms with Crippen LogP contribution in [0.5, 0.6) is 0 Å². The topological polar surface area (TPSA) is 80.5 Å². The second-order valence-electron chi connectivity index (χ2n) is 4.91. The minimum atomic E-state index is 0.404. The highest BCUT2D eigenvalue weighted by atomic mass is 35.5. The summed E-state index contributed by atoms with van der Waals surface area (Å²) < 4.78 is 2.14. The van der Waals surface area contributed by atoms with Crippen LogP contribution in [0.1, 0.15) is 35.8 Å². The fourth-order valence-electron chi connectivity index (χ4n) is 2.12. The zero-order chi connectivity index (χ0) is 14.8. The summed E-state index contributed by atoms with van der Waals surface area (Å²) in [5.41, 5.74) is 7.26. The van der Waals surface area contributed by atoms with Crippen molar-refractivity contribution in [2.75, 3.05) is 0 Å². The summed E-state index contributed by atoms with van der Waals surface area (Å²) in [6.45, 7) is 0.404. The third-order valence-corrected chi connectivity index (χ3v) is 4.71. The van der Waals surface area contributed by atoms with Gasteiger partial charge in [-0.1, -0.05) is 29.4 Å². The number of nitriles is 1. The smallest absolute Gasteiger partial charge is 0.191 e. The molecule has 5 nitrogen and oxygen atoms in total. The molecule has 0 amide bonds. The number of halogens is 1. The van der Waals surface area contributed by atoms with Gasteiger partial charge in [-0.15, -0.1) is 10.2 Å². The molecule has 0 bridgehead atoms. The highest BCUT2D eigenvalue weighted by molar-refractivity contribution is 7.98. The fourth-order valence-corrected chi connectivity index (χ4v) is 3.48. The van der Waals surface area contributed by atoms with Crippen LogP contribution in [0.3, 0.4) is 0 Å². The molecule has 0 unspecified atom stereocenters. The van der Waals surface area contributed by atoms with Gasteiger partial charge in [-0.25, -0.2) is 0 Å². The summed E-state index contributed by atoms with van der Waals surface area (Å²) in [4.78, 5) is 0. The molecule has 108 valence electrons. The molecule has 1 fully saturated rings. The molecule has 3 rings (SSSR count). The van der Waals surface area contributed by atoms with E-state index in [9.17, 15) is 0 Å². The van der Waals surface area contributed by atoms with Gasteiger partial charge in [-0.05, 0) is 30.5 Å². The van der Waals surface area contributed by atoms with Crippen molar-refractivity contribution in [2.45, 2.75) is 36.3 Å². The maximum atomic E-state index is 8.85.